The first-order valence-corrected chi connectivity index (χ1v) is 15.9. The van der Waals surface area contributed by atoms with Crippen molar-refractivity contribution in [2.45, 2.75) is 24.0 Å². The summed E-state index contributed by atoms with van der Waals surface area (Å²) >= 11 is 15.2. The van der Waals surface area contributed by atoms with Crippen molar-refractivity contribution in [3.8, 4) is 0 Å². The van der Waals surface area contributed by atoms with Gasteiger partial charge in [-0.3, -0.25) is 14.4 Å². The first kappa shape index (κ1) is 31.3. The molecule has 4 aromatic carbocycles. The Morgan fingerprint density at radius 2 is 1.70 bits per heavy atom. The molecule has 0 fully saturated rings. The lowest BCUT2D eigenvalue weighted by atomic mass is 10.1. The van der Waals surface area contributed by atoms with Crippen molar-refractivity contribution in [1.29, 1.82) is 0 Å². The highest BCUT2D eigenvalue weighted by Gasteiger charge is 2.19. The third-order valence-corrected chi connectivity index (χ3v) is 8.93. The second kappa shape index (κ2) is 14.1. The molecule has 1 unspecified atom stereocenters. The number of aromatic nitrogens is 1. The van der Waals surface area contributed by atoms with E-state index in [0.717, 1.165) is 20.7 Å². The lowest BCUT2D eigenvalue weighted by molar-refractivity contribution is -0.115. The van der Waals surface area contributed by atoms with Gasteiger partial charge in [-0.05, 0) is 85.6 Å². The quantitative estimate of drug-likeness (QED) is 0.109. The second-order valence-corrected chi connectivity index (χ2v) is 13.1. The van der Waals surface area contributed by atoms with Gasteiger partial charge in [0.1, 0.15) is 5.70 Å². The number of benzene rings is 4. The highest BCUT2D eigenvalue weighted by molar-refractivity contribution is 8.00. The molecule has 1 heterocycles. The Morgan fingerprint density at radius 1 is 0.909 bits per heavy atom. The molecule has 7 nitrogen and oxygen atoms in total. The number of thiazole rings is 1. The van der Waals surface area contributed by atoms with E-state index in [4.69, 9.17) is 23.2 Å². The van der Waals surface area contributed by atoms with E-state index < -0.39 is 17.1 Å². The molecule has 3 N–H and O–H groups in total. The smallest absolute Gasteiger partial charge is 0.272 e. The van der Waals surface area contributed by atoms with Crippen molar-refractivity contribution in [3.05, 3.63) is 123 Å². The van der Waals surface area contributed by atoms with E-state index in [-0.39, 0.29) is 11.6 Å². The number of hydrogen-bond acceptors (Lipinski definition) is 6. The number of thioether (sulfide) groups is 1. The Morgan fingerprint density at radius 3 is 2.48 bits per heavy atom. The normalized spacial score (nSPS) is 12.0. The number of anilines is 2. The van der Waals surface area contributed by atoms with Crippen molar-refractivity contribution in [1.82, 2.24) is 10.3 Å². The molecule has 0 bridgehead atoms. The van der Waals surface area contributed by atoms with Crippen LogP contribution in [0.4, 0.5) is 10.8 Å². The van der Waals surface area contributed by atoms with Gasteiger partial charge < -0.3 is 16.0 Å². The fourth-order valence-corrected chi connectivity index (χ4v) is 6.47. The summed E-state index contributed by atoms with van der Waals surface area (Å²) in [6.07, 6.45) is 1.49. The maximum atomic E-state index is 13.5. The van der Waals surface area contributed by atoms with Gasteiger partial charge in [-0.1, -0.05) is 70.9 Å². The van der Waals surface area contributed by atoms with E-state index in [1.165, 1.54) is 29.2 Å². The van der Waals surface area contributed by atoms with Gasteiger partial charge in [0.05, 0.1) is 15.5 Å². The van der Waals surface area contributed by atoms with Crippen LogP contribution in [-0.2, 0) is 9.59 Å². The van der Waals surface area contributed by atoms with Crippen molar-refractivity contribution in [2.24, 2.45) is 0 Å². The molecule has 5 rings (SSSR count). The van der Waals surface area contributed by atoms with Gasteiger partial charge in [0.2, 0.25) is 5.91 Å². The van der Waals surface area contributed by atoms with Crippen LogP contribution in [0.1, 0.15) is 28.4 Å². The molecule has 44 heavy (non-hydrogen) atoms. The predicted molar refractivity (Wildman–Crippen MR) is 182 cm³/mol. The molecule has 0 aliphatic carbocycles. The molecule has 0 radical (unpaired) electrons. The van der Waals surface area contributed by atoms with Crippen molar-refractivity contribution in [3.63, 3.8) is 0 Å². The van der Waals surface area contributed by atoms with Crippen LogP contribution in [0.5, 0.6) is 0 Å². The Labute approximate surface area is 272 Å². The second-order valence-electron chi connectivity index (χ2n) is 9.77. The summed E-state index contributed by atoms with van der Waals surface area (Å²) in [5.74, 6) is -1.20. The number of hydrogen-bond donors (Lipinski definition) is 3. The van der Waals surface area contributed by atoms with E-state index in [1.54, 1.807) is 73.7 Å². The van der Waals surface area contributed by atoms with Gasteiger partial charge >= 0.3 is 0 Å². The number of aryl methyl sites for hydroxylation is 1. The van der Waals surface area contributed by atoms with Gasteiger partial charge in [0.25, 0.3) is 11.8 Å². The van der Waals surface area contributed by atoms with Gasteiger partial charge in [0, 0.05) is 26.2 Å². The van der Waals surface area contributed by atoms with Crippen LogP contribution in [0, 0.1) is 6.92 Å². The highest BCUT2D eigenvalue weighted by atomic mass is 35.5. The van der Waals surface area contributed by atoms with Crippen LogP contribution in [0.2, 0.25) is 10.0 Å². The van der Waals surface area contributed by atoms with Crippen LogP contribution < -0.4 is 16.0 Å². The zero-order valence-corrected chi connectivity index (χ0v) is 26.7. The fraction of sp³-hybridized carbons (Fsp3) is 0.0909. The van der Waals surface area contributed by atoms with Crippen molar-refractivity contribution >= 4 is 91.1 Å². The third kappa shape index (κ3) is 8.06. The zero-order chi connectivity index (χ0) is 31.2. The minimum Gasteiger partial charge on any atom is -0.321 e. The number of carbonyl (C=O) groups excluding carboxylic acids is 3. The SMILES string of the molecule is Cc1ccc2nc(NC(=O)C(C)Sc3cccc(NC(=O)/C(=C\c4ccc(Cl)cc4Cl)NC(=O)c4ccccc4)c3)sc2c1. The standard InChI is InChI=1S/C33H26Cl2N4O3S2/c1-19-11-14-27-29(15-19)44-33(38-27)39-30(40)20(2)43-25-10-6-9-24(18-25)36-32(42)28(16-22-12-13-23(34)17-26(22)35)37-31(41)21-7-4-3-5-8-21/h3-18,20H,1-2H3,(H,36,42)(H,37,41)(H,38,39,40)/b28-16+. The van der Waals surface area contributed by atoms with Gasteiger partial charge in [-0.25, -0.2) is 4.98 Å². The van der Waals surface area contributed by atoms with Crippen molar-refractivity contribution < 1.29 is 14.4 Å². The summed E-state index contributed by atoms with van der Waals surface area (Å²) < 4.78 is 1.01. The molecule has 0 saturated heterocycles. The number of fused-ring (bicyclic) bond motifs is 1. The van der Waals surface area contributed by atoms with Gasteiger partial charge in [0.15, 0.2) is 5.13 Å². The topological polar surface area (TPSA) is 100 Å². The minimum absolute atomic E-state index is 0.0140. The van der Waals surface area contributed by atoms with E-state index >= 15 is 0 Å². The van der Waals surface area contributed by atoms with E-state index in [0.29, 0.717) is 32.0 Å². The molecular weight excluding hydrogens is 635 g/mol. The molecule has 0 aliphatic heterocycles. The molecule has 5 aromatic rings. The van der Waals surface area contributed by atoms with Crippen LogP contribution in [0.25, 0.3) is 16.3 Å². The number of amides is 3. The first-order valence-electron chi connectivity index (χ1n) is 13.4. The molecule has 0 spiro atoms. The lowest BCUT2D eigenvalue weighted by Gasteiger charge is -2.14. The number of halogens is 2. The predicted octanol–water partition coefficient (Wildman–Crippen LogP) is 8.44. The number of rotatable bonds is 9. The molecule has 0 aliphatic rings. The summed E-state index contributed by atoms with van der Waals surface area (Å²) in [5, 5.41) is 9.31. The van der Waals surface area contributed by atoms with Crippen molar-refractivity contribution in [2.75, 3.05) is 10.6 Å². The first-order chi connectivity index (χ1) is 21.1. The maximum Gasteiger partial charge on any atom is 0.272 e. The molecular formula is C33H26Cl2N4O3S2. The molecule has 1 aromatic heterocycles. The monoisotopic (exact) mass is 660 g/mol. The van der Waals surface area contributed by atoms with Crippen LogP contribution in [0.3, 0.4) is 0 Å². The highest BCUT2D eigenvalue weighted by Crippen LogP contribution is 2.30. The summed E-state index contributed by atoms with van der Waals surface area (Å²) in [7, 11) is 0. The van der Waals surface area contributed by atoms with Crippen LogP contribution >= 0.6 is 46.3 Å². The Hall–Kier alpha value is -4.15. The summed E-state index contributed by atoms with van der Waals surface area (Å²) in [6.45, 7) is 3.82. The Kier molecular flexibility index (Phi) is 10.0. The van der Waals surface area contributed by atoms with Crippen LogP contribution in [-0.4, -0.2) is 28.0 Å². The van der Waals surface area contributed by atoms with Gasteiger partial charge in [-0.2, -0.15) is 0 Å². The molecule has 0 saturated carbocycles. The Balaban J connectivity index is 1.29. The number of carbonyl (C=O) groups is 3. The number of nitrogens with zero attached hydrogens (tertiary/aromatic N) is 1. The molecule has 222 valence electrons. The fourth-order valence-electron chi connectivity index (χ4n) is 4.11. The third-order valence-electron chi connectivity index (χ3n) is 6.34. The average molecular weight is 662 g/mol. The summed E-state index contributed by atoms with van der Waals surface area (Å²) in [5.41, 5.74) is 3.33. The summed E-state index contributed by atoms with van der Waals surface area (Å²) in [4.78, 5) is 44.6. The largest absolute Gasteiger partial charge is 0.321 e. The Bertz CT molecular complexity index is 1890. The molecule has 11 heteroatoms. The zero-order valence-electron chi connectivity index (χ0n) is 23.6. The minimum atomic E-state index is -0.556. The van der Waals surface area contributed by atoms with E-state index in [2.05, 4.69) is 20.9 Å². The number of nitrogens with one attached hydrogen (secondary N) is 3. The van der Waals surface area contributed by atoms with Gasteiger partial charge in [-0.15, -0.1) is 11.8 Å². The van der Waals surface area contributed by atoms with E-state index in [1.807, 2.05) is 31.2 Å². The molecule has 3 amide bonds. The van der Waals surface area contributed by atoms with E-state index in [9.17, 15) is 14.4 Å². The lowest BCUT2D eigenvalue weighted by Crippen LogP contribution is -2.30. The van der Waals surface area contributed by atoms with Crippen LogP contribution in [0.15, 0.2) is 102 Å². The average Bonchev–Trinajstić information content (AvgIpc) is 3.39. The maximum absolute atomic E-state index is 13.5. The summed E-state index contributed by atoms with van der Waals surface area (Å²) in [6, 6.07) is 26.5. The molecule has 1 atom stereocenters.